The fourth-order valence-corrected chi connectivity index (χ4v) is 1.24. The third-order valence-corrected chi connectivity index (χ3v) is 2.35. The second kappa shape index (κ2) is 7.80. The van der Waals surface area contributed by atoms with Gasteiger partial charge in [-0.15, -0.1) is 0 Å². The van der Waals surface area contributed by atoms with Gasteiger partial charge < -0.3 is 10.6 Å². The Hall–Kier alpha value is -0.570. The van der Waals surface area contributed by atoms with Crippen LogP contribution in [0.15, 0.2) is 0 Å². The maximum Gasteiger partial charge on any atom is 0.234 e. The quantitative estimate of drug-likeness (QED) is 0.656. The maximum atomic E-state index is 11.4. The molecule has 0 spiro atoms. The van der Waals surface area contributed by atoms with Crippen LogP contribution in [-0.2, 0) is 4.79 Å². The zero-order valence-electron chi connectivity index (χ0n) is 9.89. The number of amides is 1. The zero-order chi connectivity index (χ0) is 11.0. The summed E-state index contributed by atoms with van der Waals surface area (Å²) in [5.74, 6) is 0.103. The van der Waals surface area contributed by atoms with Gasteiger partial charge in [0.25, 0.3) is 0 Å². The summed E-state index contributed by atoms with van der Waals surface area (Å²) in [5, 5.41) is 6.13. The first-order valence-electron chi connectivity index (χ1n) is 5.62. The van der Waals surface area contributed by atoms with E-state index in [2.05, 4.69) is 31.4 Å². The predicted octanol–water partition coefficient (Wildman–Crippen LogP) is 1.68. The summed E-state index contributed by atoms with van der Waals surface area (Å²) in [6, 6.07) is 0.716. The smallest absolute Gasteiger partial charge is 0.234 e. The molecule has 0 aliphatic rings. The molecule has 0 aliphatic carbocycles. The first-order valence-corrected chi connectivity index (χ1v) is 5.62. The molecule has 2 N–H and O–H groups in total. The lowest BCUT2D eigenvalue weighted by Crippen LogP contribution is -2.41. The highest BCUT2D eigenvalue weighted by Crippen LogP contribution is 1.94. The summed E-state index contributed by atoms with van der Waals surface area (Å²) in [6.45, 7) is 8.80. The van der Waals surface area contributed by atoms with Crippen molar-refractivity contribution < 1.29 is 4.79 Å². The van der Waals surface area contributed by atoms with Gasteiger partial charge in [0.2, 0.25) is 5.91 Å². The molecule has 3 nitrogen and oxygen atoms in total. The molecule has 0 aromatic heterocycles. The maximum absolute atomic E-state index is 11.4. The van der Waals surface area contributed by atoms with E-state index in [-0.39, 0.29) is 5.91 Å². The molecular formula is C11H24N2O. The van der Waals surface area contributed by atoms with E-state index in [1.54, 1.807) is 0 Å². The van der Waals surface area contributed by atoms with Crippen LogP contribution in [0.5, 0.6) is 0 Å². The Bertz CT molecular complexity index is 159. The molecule has 2 atom stereocenters. The summed E-state index contributed by atoms with van der Waals surface area (Å²) >= 11 is 0. The van der Waals surface area contributed by atoms with Gasteiger partial charge in [0, 0.05) is 12.1 Å². The molecule has 0 saturated carbocycles. The number of rotatable bonds is 7. The van der Waals surface area contributed by atoms with E-state index in [1.165, 1.54) is 0 Å². The van der Waals surface area contributed by atoms with Crippen LogP contribution in [0, 0.1) is 0 Å². The minimum Gasteiger partial charge on any atom is -0.353 e. The summed E-state index contributed by atoms with van der Waals surface area (Å²) in [6.07, 6.45) is 3.22. The standard InChI is InChI=1S/C11H24N2O/c1-5-7-10(4)13-11(14)8-12-9(3)6-2/h9-10,12H,5-8H2,1-4H3,(H,13,14). The average Bonchev–Trinajstić information content (AvgIpc) is 2.14. The second-order valence-corrected chi connectivity index (χ2v) is 3.95. The van der Waals surface area contributed by atoms with Crippen LogP contribution in [0.2, 0.25) is 0 Å². The Kier molecular flexibility index (Phi) is 7.48. The van der Waals surface area contributed by atoms with Crippen LogP contribution in [0.4, 0.5) is 0 Å². The number of carbonyl (C=O) groups is 1. The van der Waals surface area contributed by atoms with Gasteiger partial charge in [-0.05, 0) is 26.7 Å². The number of hydrogen-bond acceptors (Lipinski definition) is 2. The Morgan fingerprint density at radius 2 is 1.86 bits per heavy atom. The lowest BCUT2D eigenvalue weighted by Gasteiger charge is -2.15. The fraction of sp³-hybridized carbons (Fsp3) is 0.909. The minimum atomic E-state index is 0.103. The first kappa shape index (κ1) is 13.4. The Morgan fingerprint density at radius 1 is 1.21 bits per heavy atom. The zero-order valence-corrected chi connectivity index (χ0v) is 9.89. The average molecular weight is 200 g/mol. The van der Waals surface area contributed by atoms with E-state index in [4.69, 9.17) is 0 Å². The highest BCUT2D eigenvalue weighted by atomic mass is 16.1. The van der Waals surface area contributed by atoms with Crippen molar-refractivity contribution in [2.45, 2.75) is 59.0 Å². The predicted molar refractivity (Wildman–Crippen MR) is 60.3 cm³/mol. The molecule has 0 fully saturated rings. The van der Waals surface area contributed by atoms with Crippen molar-refractivity contribution in [2.75, 3.05) is 6.54 Å². The van der Waals surface area contributed by atoms with Gasteiger partial charge in [-0.25, -0.2) is 0 Å². The lowest BCUT2D eigenvalue weighted by atomic mass is 10.2. The van der Waals surface area contributed by atoms with Crippen LogP contribution in [0.3, 0.4) is 0 Å². The molecule has 84 valence electrons. The van der Waals surface area contributed by atoms with Crippen molar-refractivity contribution in [1.29, 1.82) is 0 Å². The van der Waals surface area contributed by atoms with Crippen molar-refractivity contribution in [3.05, 3.63) is 0 Å². The van der Waals surface area contributed by atoms with E-state index in [0.29, 0.717) is 18.6 Å². The molecule has 0 saturated heterocycles. The monoisotopic (exact) mass is 200 g/mol. The van der Waals surface area contributed by atoms with Crippen molar-refractivity contribution in [1.82, 2.24) is 10.6 Å². The highest BCUT2D eigenvalue weighted by Gasteiger charge is 2.06. The highest BCUT2D eigenvalue weighted by molar-refractivity contribution is 5.78. The van der Waals surface area contributed by atoms with Gasteiger partial charge in [0.15, 0.2) is 0 Å². The van der Waals surface area contributed by atoms with E-state index >= 15 is 0 Å². The first-order chi connectivity index (χ1) is 6.60. The Labute approximate surface area is 87.6 Å². The molecule has 0 heterocycles. The largest absolute Gasteiger partial charge is 0.353 e. The SMILES string of the molecule is CCCC(C)NC(=O)CNC(C)CC. The topological polar surface area (TPSA) is 41.1 Å². The van der Waals surface area contributed by atoms with Crippen molar-refractivity contribution in [3.63, 3.8) is 0 Å². The van der Waals surface area contributed by atoms with Gasteiger partial charge >= 0.3 is 0 Å². The van der Waals surface area contributed by atoms with Crippen LogP contribution in [0.1, 0.15) is 47.0 Å². The van der Waals surface area contributed by atoms with E-state index in [0.717, 1.165) is 19.3 Å². The Balaban J connectivity index is 3.54. The summed E-state index contributed by atoms with van der Waals surface area (Å²) in [7, 11) is 0. The van der Waals surface area contributed by atoms with E-state index in [1.807, 2.05) is 6.92 Å². The molecule has 2 unspecified atom stereocenters. The Morgan fingerprint density at radius 3 is 2.36 bits per heavy atom. The molecule has 3 heteroatoms. The van der Waals surface area contributed by atoms with E-state index in [9.17, 15) is 4.79 Å². The molecule has 0 bridgehead atoms. The molecule has 0 aliphatic heterocycles. The lowest BCUT2D eigenvalue weighted by molar-refractivity contribution is -0.121. The minimum absolute atomic E-state index is 0.103. The molecule has 0 aromatic rings. The van der Waals surface area contributed by atoms with Gasteiger partial charge in [-0.1, -0.05) is 20.3 Å². The third kappa shape index (κ3) is 6.89. The second-order valence-electron chi connectivity index (χ2n) is 3.95. The molecule has 0 radical (unpaired) electrons. The van der Waals surface area contributed by atoms with Crippen LogP contribution >= 0.6 is 0 Å². The molecule has 0 aromatic carbocycles. The van der Waals surface area contributed by atoms with E-state index < -0.39 is 0 Å². The molecule has 1 amide bonds. The van der Waals surface area contributed by atoms with Crippen molar-refractivity contribution in [2.24, 2.45) is 0 Å². The normalized spacial score (nSPS) is 14.9. The van der Waals surface area contributed by atoms with Gasteiger partial charge in [-0.2, -0.15) is 0 Å². The van der Waals surface area contributed by atoms with Gasteiger partial charge in [0.05, 0.1) is 6.54 Å². The van der Waals surface area contributed by atoms with Crippen LogP contribution < -0.4 is 10.6 Å². The van der Waals surface area contributed by atoms with Crippen LogP contribution in [0.25, 0.3) is 0 Å². The van der Waals surface area contributed by atoms with Gasteiger partial charge in [-0.3, -0.25) is 4.79 Å². The fourth-order valence-electron chi connectivity index (χ4n) is 1.24. The number of hydrogen-bond donors (Lipinski definition) is 2. The summed E-state index contributed by atoms with van der Waals surface area (Å²) in [5.41, 5.74) is 0. The van der Waals surface area contributed by atoms with Crippen molar-refractivity contribution >= 4 is 5.91 Å². The van der Waals surface area contributed by atoms with Gasteiger partial charge in [0.1, 0.15) is 0 Å². The van der Waals surface area contributed by atoms with Crippen LogP contribution in [-0.4, -0.2) is 24.5 Å². The van der Waals surface area contributed by atoms with Crippen molar-refractivity contribution in [3.8, 4) is 0 Å². The molecule has 0 rings (SSSR count). The summed E-state index contributed by atoms with van der Waals surface area (Å²) < 4.78 is 0. The third-order valence-electron chi connectivity index (χ3n) is 2.35. The summed E-state index contributed by atoms with van der Waals surface area (Å²) in [4.78, 5) is 11.4. The number of carbonyl (C=O) groups excluding carboxylic acids is 1. The molecule has 14 heavy (non-hydrogen) atoms. The molecular weight excluding hydrogens is 176 g/mol. The number of nitrogens with one attached hydrogen (secondary N) is 2.